The van der Waals surface area contributed by atoms with E-state index in [1.165, 1.54) is 0 Å². The lowest BCUT2D eigenvalue weighted by Crippen LogP contribution is -2.48. The molecule has 3 aliphatic rings. The molecule has 8 heteroatoms. The molecule has 0 radical (unpaired) electrons. The molecule has 2 aliphatic heterocycles. The Kier molecular flexibility index (Phi) is 5.66. The van der Waals surface area contributed by atoms with Crippen molar-refractivity contribution in [2.75, 3.05) is 26.2 Å². The van der Waals surface area contributed by atoms with Gasteiger partial charge in [0.2, 0.25) is 0 Å². The van der Waals surface area contributed by atoms with Gasteiger partial charge in [-0.25, -0.2) is 4.98 Å². The predicted molar refractivity (Wildman–Crippen MR) is 104 cm³/mol. The second-order valence-electron chi connectivity index (χ2n) is 8.24. The van der Waals surface area contributed by atoms with Crippen LogP contribution in [-0.2, 0) is 16.8 Å². The molecule has 0 N–H and O–H groups in total. The van der Waals surface area contributed by atoms with Crippen molar-refractivity contribution in [3.05, 3.63) is 28.4 Å². The van der Waals surface area contributed by atoms with E-state index in [1.54, 1.807) is 25.6 Å². The topological polar surface area (TPSA) is 75.5 Å². The lowest BCUT2D eigenvalue weighted by molar-refractivity contribution is 0.236. The Balaban J connectivity index is 1.34. The van der Waals surface area contributed by atoms with Crippen molar-refractivity contribution in [2.24, 2.45) is 5.92 Å². The van der Waals surface area contributed by atoms with E-state index in [1.807, 2.05) is 0 Å². The first kappa shape index (κ1) is 19.1. The summed E-state index contributed by atoms with van der Waals surface area (Å²) >= 11 is 0. The first-order valence-corrected chi connectivity index (χ1v) is 11.8. The monoisotopic (exact) mass is 394 g/mol. The van der Waals surface area contributed by atoms with Crippen molar-refractivity contribution in [1.82, 2.24) is 18.2 Å². The smallest absolute Gasteiger partial charge is 0.281 e. The maximum Gasteiger partial charge on any atom is 0.281 e. The van der Waals surface area contributed by atoms with Crippen LogP contribution < -0.4 is 5.56 Å². The van der Waals surface area contributed by atoms with Crippen LogP contribution in [0.1, 0.15) is 63.0 Å². The van der Waals surface area contributed by atoms with Crippen LogP contribution in [0, 0.1) is 5.92 Å². The minimum absolute atomic E-state index is 0.0199. The Bertz CT molecular complexity index is 802. The second kappa shape index (κ2) is 8.01. The van der Waals surface area contributed by atoms with Crippen molar-refractivity contribution >= 4 is 10.2 Å². The molecule has 4 rings (SSSR count). The van der Waals surface area contributed by atoms with Gasteiger partial charge in [-0.2, -0.15) is 17.0 Å². The molecule has 0 atom stereocenters. The number of aromatic nitrogens is 2. The number of hydrogen-bond acceptors (Lipinski definition) is 4. The van der Waals surface area contributed by atoms with Gasteiger partial charge in [-0.3, -0.25) is 9.36 Å². The number of hydrogen-bond donors (Lipinski definition) is 0. The van der Waals surface area contributed by atoms with Gasteiger partial charge in [-0.15, -0.1) is 0 Å². The maximum atomic E-state index is 12.9. The average Bonchev–Trinajstić information content (AvgIpc) is 3.51. The summed E-state index contributed by atoms with van der Waals surface area (Å²) in [6.45, 7) is 3.03. The summed E-state index contributed by atoms with van der Waals surface area (Å²) in [4.78, 5) is 16.8. The third kappa shape index (κ3) is 4.43. The van der Waals surface area contributed by atoms with E-state index in [0.717, 1.165) is 57.1 Å². The van der Waals surface area contributed by atoms with Crippen molar-refractivity contribution < 1.29 is 8.42 Å². The molecule has 150 valence electrons. The molecule has 3 fully saturated rings. The molecular formula is C19H30N4O3S. The van der Waals surface area contributed by atoms with Gasteiger partial charge in [-0.05, 0) is 44.4 Å². The largest absolute Gasteiger partial charge is 0.299 e. The zero-order chi connectivity index (χ0) is 18.9. The average molecular weight is 395 g/mol. The van der Waals surface area contributed by atoms with Crippen LogP contribution in [0.15, 0.2) is 17.2 Å². The van der Waals surface area contributed by atoms with Crippen LogP contribution in [0.5, 0.6) is 0 Å². The highest BCUT2D eigenvalue weighted by Crippen LogP contribution is 2.38. The fourth-order valence-corrected chi connectivity index (χ4v) is 5.93. The summed E-state index contributed by atoms with van der Waals surface area (Å²) in [6.07, 6.45) is 9.71. The van der Waals surface area contributed by atoms with Gasteiger partial charge in [0.1, 0.15) is 0 Å². The van der Waals surface area contributed by atoms with E-state index in [2.05, 4.69) is 4.98 Å². The molecule has 0 bridgehead atoms. The normalized spacial score (nSPS) is 24.0. The fraction of sp³-hybridized carbons (Fsp3) is 0.789. The van der Waals surface area contributed by atoms with Gasteiger partial charge >= 0.3 is 0 Å². The van der Waals surface area contributed by atoms with Crippen molar-refractivity contribution in [3.8, 4) is 0 Å². The highest BCUT2D eigenvalue weighted by atomic mass is 32.2. The lowest BCUT2D eigenvalue weighted by Gasteiger charge is -2.34. The number of rotatable bonds is 5. The summed E-state index contributed by atoms with van der Waals surface area (Å²) in [5.41, 5.74) is 0.945. The highest BCUT2D eigenvalue weighted by Gasteiger charge is 2.33. The van der Waals surface area contributed by atoms with Crippen molar-refractivity contribution in [2.45, 2.75) is 63.8 Å². The van der Waals surface area contributed by atoms with Crippen molar-refractivity contribution in [3.63, 3.8) is 0 Å². The Morgan fingerprint density at radius 2 is 1.56 bits per heavy atom. The minimum atomic E-state index is -3.34. The third-order valence-corrected chi connectivity index (χ3v) is 8.18. The van der Waals surface area contributed by atoms with Crippen LogP contribution in [0.2, 0.25) is 0 Å². The molecule has 0 amide bonds. The van der Waals surface area contributed by atoms with E-state index in [-0.39, 0.29) is 5.56 Å². The summed E-state index contributed by atoms with van der Waals surface area (Å²) in [5.74, 6) is 0.812. The molecule has 2 saturated heterocycles. The van der Waals surface area contributed by atoms with Crippen molar-refractivity contribution in [1.29, 1.82) is 0 Å². The number of nitrogens with zero attached hydrogens (tertiary/aromatic N) is 4. The predicted octanol–water partition coefficient (Wildman–Crippen LogP) is 1.95. The first-order valence-electron chi connectivity index (χ1n) is 10.4. The Morgan fingerprint density at radius 1 is 0.926 bits per heavy atom. The van der Waals surface area contributed by atoms with Crippen LogP contribution >= 0.6 is 0 Å². The standard InChI is InChI=1S/C19H30N4O3S/c24-19-13-18(17-5-6-17)20-15-21(19)14-16-7-11-23(12-8-16)27(25,26)22-9-3-1-2-4-10-22/h13,15-17H,1-12,14H2. The highest BCUT2D eigenvalue weighted by molar-refractivity contribution is 7.86. The molecule has 7 nitrogen and oxygen atoms in total. The van der Waals surface area contributed by atoms with Crippen LogP contribution in [0.3, 0.4) is 0 Å². The summed E-state index contributed by atoms with van der Waals surface area (Å²) in [6, 6.07) is 1.68. The SMILES string of the molecule is O=c1cc(C2CC2)ncn1CC1CCN(S(=O)(=O)N2CCCCCC2)CC1. The maximum absolute atomic E-state index is 12.9. The zero-order valence-electron chi connectivity index (χ0n) is 15.9. The van der Waals surface area contributed by atoms with Gasteiger partial charge < -0.3 is 0 Å². The quantitative estimate of drug-likeness (QED) is 0.765. The van der Waals surface area contributed by atoms with Gasteiger partial charge in [-0.1, -0.05) is 12.8 Å². The Labute approximate surface area is 161 Å². The molecule has 27 heavy (non-hydrogen) atoms. The zero-order valence-corrected chi connectivity index (χ0v) is 16.7. The third-order valence-electron chi connectivity index (χ3n) is 6.14. The Hall–Kier alpha value is -1.25. The molecule has 1 aromatic rings. The molecule has 0 aromatic carbocycles. The van der Waals surface area contributed by atoms with E-state index >= 15 is 0 Å². The second-order valence-corrected chi connectivity index (χ2v) is 10.2. The van der Waals surface area contributed by atoms with Gasteiger partial charge in [0.05, 0.1) is 12.0 Å². The minimum Gasteiger partial charge on any atom is -0.299 e. The molecule has 1 saturated carbocycles. The molecule has 3 heterocycles. The van der Waals surface area contributed by atoms with Gasteiger partial charge in [0.15, 0.2) is 0 Å². The first-order chi connectivity index (χ1) is 13.0. The van der Waals surface area contributed by atoms with E-state index < -0.39 is 10.2 Å². The van der Waals surface area contributed by atoms with Crippen LogP contribution in [0.4, 0.5) is 0 Å². The summed E-state index contributed by atoms with van der Waals surface area (Å²) < 4.78 is 30.8. The Morgan fingerprint density at radius 3 is 2.15 bits per heavy atom. The number of piperidine rings is 1. The van der Waals surface area contributed by atoms with Gasteiger partial charge in [0.25, 0.3) is 15.8 Å². The van der Waals surface area contributed by atoms with Crippen LogP contribution in [0.25, 0.3) is 0 Å². The fourth-order valence-electron chi connectivity index (χ4n) is 4.22. The van der Waals surface area contributed by atoms with E-state index in [0.29, 0.717) is 44.6 Å². The molecule has 1 aliphatic carbocycles. The summed E-state index contributed by atoms with van der Waals surface area (Å²) in [5, 5.41) is 0. The molecular weight excluding hydrogens is 364 g/mol. The lowest BCUT2D eigenvalue weighted by atomic mass is 9.98. The van der Waals surface area contributed by atoms with Crippen LogP contribution in [-0.4, -0.2) is 52.8 Å². The summed E-state index contributed by atoms with van der Waals surface area (Å²) in [7, 11) is -3.34. The van der Waals surface area contributed by atoms with Gasteiger partial charge in [0, 0.05) is 44.7 Å². The molecule has 1 aromatic heterocycles. The van der Waals surface area contributed by atoms with E-state index in [9.17, 15) is 13.2 Å². The molecule has 0 unspecified atom stereocenters. The van der Waals surface area contributed by atoms with E-state index in [4.69, 9.17) is 0 Å². The molecule has 0 spiro atoms.